The molecule has 25 heavy (non-hydrogen) atoms. The van der Waals surface area contributed by atoms with E-state index in [4.69, 9.17) is 9.66 Å². The second kappa shape index (κ2) is 6.01. The van der Waals surface area contributed by atoms with Crippen LogP contribution in [-0.2, 0) is 10.0 Å². The minimum absolute atomic E-state index is 0.0828. The number of aromatic nitrogens is 2. The lowest BCUT2D eigenvalue weighted by atomic mass is 9.98. The second-order valence-corrected chi connectivity index (χ2v) is 6.91. The van der Waals surface area contributed by atoms with Crippen LogP contribution in [0, 0.1) is 25.5 Å². The highest BCUT2D eigenvalue weighted by Gasteiger charge is 2.25. The maximum atomic E-state index is 14.2. The Labute approximate surface area is 142 Å². The highest BCUT2D eigenvalue weighted by atomic mass is 32.2. The van der Waals surface area contributed by atoms with E-state index in [1.807, 2.05) is 0 Å². The van der Waals surface area contributed by atoms with Gasteiger partial charge in [0.15, 0.2) is 4.90 Å². The molecule has 2 N–H and O–H groups in total. The Bertz CT molecular complexity index is 1050. The van der Waals surface area contributed by atoms with Crippen molar-refractivity contribution in [2.45, 2.75) is 18.7 Å². The fourth-order valence-electron chi connectivity index (χ4n) is 2.61. The lowest BCUT2D eigenvalue weighted by Gasteiger charge is -2.08. The molecule has 0 radical (unpaired) electrons. The van der Waals surface area contributed by atoms with Crippen molar-refractivity contribution in [3.05, 3.63) is 53.6 Å². The van der Waals surface area contributed by atoms with Crippen LogP contribution in [0.2, 0.25) is 0 Å². The lowest BCUT2D eigenvalue weighted by molar-refractivity contribution is 0.400. The zero-order valence-corrected chi connectivity index (χ0v) is 14.1. The van der Waals surface area contributed by atoms with E-state index in [0.717, 1.165) is 12.1 Å². The third-order valence-corrected chi connectivity index (χ3v) is 4.66. The molecule has 130 valence electrons. The van der Waals surface area contributed by atoms with Crippen LogP contribution in [0.4, 0.5) is 8.78 Å². The molecule has 1 aromatic carbocycles. The van der Waals surface area contributed by atoms with E-state index in [9.17, 15) is 17.2 Å². The van der Waals surface area contributed by atoms with Crippen molar-refractivity contribution in [2.75, 3.05) is 0 Å². The molecule has 3 aromatic rings. The minimum Gasteiger partial charge on any atom is -0.360 e. The third-order valence-electron chi connectivity index (χ3n) is 3.70. The Hall–Kier alpha value is -2.65. The van der Waals surface area contributed by atoms with Gasteiger partial charge in [0.05, 0.1) is 5.56 Å². The molecule has 0 bridgehead atoms. The number of rotatable bonds is 3. The summed E-state index contributed by atoms with van der Waals surface area (Å²) < 4.78 is 56.2. The van der Waals surface area contributed by atoms with Crippen molar-refractivity contribution in [1.82, 2.24) is 10.1 Å². The van der Waals surface area contributed by atoms with Gasteiger partial charge in [-0.3, -0.25) is 4.98 Å². The predicted octanol–water partition coefficient (Wildman–Crippen LogP) is 2.95. The average Bonchev–Trinajstić information content (AvgIpc) is 2.87. The fraction of sp³-hybridized carbons (Fsp3) is 0.125. The summed E-state index contributed by atoms with van der Waals surface area (Å²) >= 11 is 0. The van der Waals surface area contributed by atoms with Gasteiger partial charge in [0.25, 0.3) is 0 Å². The summed E-state index contributed by atoms with van der Waals surface area (Å²) in [5.41, 5.74) is 2.06. The van der Waals surface area contributed by atoms with Gasteiger partial charge in [-0.1, -0.05) is 5.16 Å². The molecule has 0 aliphatic carbocycles. The number of sulfonamides is 1. The molecule has 3 rings (SSSR count). The Morgan fingerprint density at radius 3 is 2.36 bits per heavy atom. The van der Waals surface area contributed by atoms with Crippen molar-refractivity contribution < 1.29 is 21.7 Å². The van der Waals surface area contributed by atoms with Gasteiger partial charge in [0.1, 0.15) is 23.1 Å². The molecule has 0 amide bonds. The van der Waals surface area contributed by atoms with Crippen molar-refractivity contribution in [2.24, 2.45) is 5.14 Å². The first-order valence-electron chi connectivity index (χ1n) is 7.10. The first-order valence-corrected chi connectivity index (χ1v) is 8.65. The van der Waals surface area contributed by atoms with E-state index >= 15 is 0 Å². The van der Waals surface area contributed by atoms with E-state index in [1.54, 1.807) is 32.2 Å². The maximum Gasteiger partial charge on any atom is 0.243 e. The van der Waals surface area contributed by atoms with Crippen molar-refractivity contribution >= 4 is 10.0 Å². The summed E-state index contributed by atoms with van der Waals surface area (Å²) in [4.78, 5) is 2.98. The zero-order chi connectivity index (χ0) is 18.4. The lowest BCUT2D eigenvalue weighted by Crippen LogP contribution is -2.16. The van der Waals surface area contributed by atoms with Gasteiger partial charge in [-0.2, -0.15) is 0 Å². The van der Waals surface area contributed by atoms with Crippen molar-refractivity contribution in [1.29, 1.82) is 0 Å². The number of primary sulfonamides is 1. The molecule has 9 heteroatoms. The summed E-state index contributed by atoms with van der Waals surface area (Å²) in [6.45, 7) is 3.34. The average molecular weight is 365 g/mol. The van der Waals surface area contributed by atoms with Gasteiger partial charge in [0, 0.05) is 17.5 Å². The Morgan fingerprint density at radius 2 is 1.80 bits per heavy atom. The standard InChI is InChI=1S/C16H13F2N3O3S/c1-8-11(4-3-5-20-8)15-14(9(2)24-21-15)10-6-12(17)16(13(18)7-10)25(19,22)23/h3-7H,1-2H3,(H2,19,22,23). The number of hydrogen-bond acceptors (Lipinski definition) is 5. The highest BCUT2D eigenvalue weighted by molar-refractivity contribution is 7.89. The van der Waals surface area contributed by atoms with E-state index in [2.05, 4.69) is 10.1 Å². The molecular weight excluding hydrogens is 352 g/mol. The topological polar surface area (TPSA) is 99.1 Å². The quantitative estimate of drug-likeness (QED) is 0.769. The van der Waals surface area contributed by atoms with E-state index < -0.39 is 26.6 Å². The van der Waals surface area contributed by atoms with Crippen molar-refractivity contribution in [3.8, 4) is 22.4 Å². The maximum absolute atomic E-state index is 14.2. The van der Waals surface area contributed by atoms with Crippen LogP contribution in [0.1, 0.15) is 11.5 Å². The van der Waals surface area contributed by atoms with E-state index in [0.29, 0.717) is 28.3 Å². The molecule has 0 unspecified atom stereocenters. The van der Waals surface area contributed by atoms with E-state index in [1.165, 1.54) is 0 Å². The summed E-state index contributed by atoms with van der Waals surface area (Å²) in [6, 6.07) is 5.21. The van der Waals surface area contributed by atoms with Gasteiger partial charge < -0.3 is 4.52 Å². The monoisotopic (exact) mass is 365 g/mol. The Balaban J connectivity index is 2.26. The van der Waals surface area contributed by atoms with Crippen LogP contribution in [0.25, 0.3) is 22.4 Å². The second-order valence-electron chi connectivity index (χ2n) is 5.41. The minimum atomic E-state index is -4.53. The first kappa shape index (κ1) is 17.2. The van der Waals surface area contributed by atoms with Crippen LogP contribution < -0.4 is 5.14 Å². The van der Waals surface area contributed by atoms with Gasteiger partial charge in [0.2, 0.25) is 10.0 Å². The number of aryl methyl sites for hydroxylation is 2. The number of pyridine rings is 1. The normalized spacial score (nSPS) is 11.7. The Morgan fingerprint density at radius 1 is 1.16 bits per heavy atom. The largest absolute Gasteiger partial charge is 0.360 e. The zero-order valence-electron chi connectivity index (χ0n) is 13.2. The molecule has 0 saturated carbocycles. The molecule has 0 fully saturated rings. The summed E-state index contributed by atoms with van der Waals surface area (Å²) in [6.07, 6.45) is 1.60. The summed E-state index contributed by atoms with van der Waals surface area (Å²) in [5, 5.41) is 8.80. The SMILES string of the molecule is Cc1ncccc1-c1noc(C)c1-c1cc(F)c(S(N)(=O)=O)c(F)c1. The summed E-state index contributed by atoms with van der Waals surface area (Å²) in [7, 11) is -4.53. The summed E-state index contributed by atoms with van der Waals surface area (Å²) in [5.74, 6) is -2.25. The molecule has 2 heterocycles. The van der Waals surface area contributed by atoms with Crippen LogP contribution >= 0.6 is 0 Å². The van der Waals surface area contributed by atoms with Crippen LogP contribution in [0.5, 0.6) is 0 Å². The van der Waals surface area contributed by atoms with Gasteiger partial charge >= 0.3 is 0 Å². The third kappa shape index (κ3) is 3.03. The predicted molar refractivity (Wildman–Crippen MR) is 85.9 cm³/mol. The highest BCUT2D eigenvalue weighted by Crippen LogP contribution is 2.36. The van der Waals surface area contributed by atoms with Gasteiger partial charge in [-0.25, -0.2) is 22.3 Å². The molecule has 6 nitrogen and oxygen atoms in total. The molecule has 0 aliphatic rings. The number of nitrogens with zero attached hydrogens (tertiary/aromatic N) is 2. The molecule has 0 aliphatic heterocycles. The molecule has 0 spiro atoms. The number of halogens is 2. The van der Waals surface area contributed by atoms with E-state index in [-0.39, 0.29) is 5.56 Å². The van der Waals surface area contributed by atoms with Crippen LogP contribution in [0.3, 0.4) is 0 Å². The molecule has 0 saturated heterocycles. The van der Waals surface area contributed by atoms with Gasteiger partial charge in [-0.05, 0) is 43.7 Å². The molecule has 0 atom stereocenters. The van der Waals surface area contributed by atoms with Crippen molar-refractivity contribution in [3.63, 3.8) is 0 Å². The smallest absolute Gasteiger partial charge is 0.243 e. The van der Waals surface area contributed by atoms with Crippen LogP contribution in [-0.4, -0.2) is 18.6 Å². The van der Waals surface area contributed by atoms with Gasteiger partial charge in [-0.15, -0.1) is 0 Å². The van der Waals surface area contributed by atoms with Crippen LogP contribution in [0.15, 0.2) is 39.9 Å². The number of benzene rings is 1. The number of nitrogens with two attached hydrogens (primary N) is 1. The fourth-order valence-corrected chi connectivity index (χ4v) is 3.27. The molecule has 2 aromatic heterocycles. The number of hydrogen-bond donors (Lipinski definition) is 1. The first-order chi connectivity index (χ1) is 11.7. The molecular formula is C16H13F2N3O3S. The Kier molecular flexibility index (Phi) is 4.13.